The molecule has 0 spiro atoms. The van der Waals surface area contributed by atoms with Crippen LogP contribution in [0.1, 0.15) is 18.9 Å². The van der Waals surface area contributed by atoms with E-state index in [1.807, 2.05) is 0 Å². The summed E-state index contributed by atoms with van der Waals surface area (Å²) in [6.07, 6.45) is 1.08. The smallest absolute Gasteiger partial charge is 0.165 e. The third-order valence-electron chi connectivity index (χ3n) is 3.31. The number of nitrogens with one attached hydrogen (secondary N) is 1. The summed E-state index contributed by atoms with van der Waals surface area (Å²) in [7, 11) is 0. The van der Waals surface area contributed by atoms with E-state index in [2.05, 4.69) is 12.2 Å². The van der Waals surface area contributed by atoms with Crippen LogP contribution in [0.2, 0.25) is 0 Å². The van der Waals surface area contributed by atoms with Crippen LogP contribution in [0.5, 0.6) is 5.75 Å². The summed E-state index contributed by atoms with van der Waals surface area (Å²) in [6.45, 7) is 4.37. The van der Waals surface area contributed by atoms with Crippen LogP contribution in [-0.4, -0.2) is 24.4 Å². The van der Waals surface area contributed by atoms with Crippen LogP contribution < -0.4 is 5.32 Å². The molecule has 1 saturated heterocycles. The molecule has 2 unspecified atom stereocenters. The van der Waals surface area contributed by atoms with Crippen molar-refractivity contribution in [2.75, 3.05) is 13.2 Å². The minimum absolute atomic E-state index is 0.300. The second-order valence-electron chi connectivity index (χ2n) is 4.58. The average Bonchev–Trinajstić information content (AvgIpc) is 2.84. The van der Waals surface area contributed by atoms with Gasteiger partial charge in [-0.05, 0) is 37.0 Å². The summed E-state index contributed by atoms with van der Waals surface area (Å²) < 4.78 is 18.4. The van der Waals surface area contributed by atoms with E-state index in [9.17, 15) is 4.39 Å². The Morgan fingerprint density at radius 3 is 3.06 bits per heavy atom. The topological polar surface area (TPSA) is 41.5 Å². The number of rotatable bonds is 4. The Morgan fingerprint density at radius 2 is 2.41 bits per heavy atom. The highest BCUT2D eigenvalue weighted by molar-refractivity contribution is 5.27. The van der Waals surface area contributed by atoms with Crippen LogP contribution in [0.15, 0.2) is 18.2 Å². The quantitative estimate of drug-likeness (QED) is 0.845. The van der Waals surface area contributed by atoms with Gasteiger partial charge in [0.25, 0.3) is 0 Å². The molecule has 94 valence electrons. The number of ether oxygens (including phenoxy) is 1. The molecule has 0 bridgehead atoms. The van der Waals surface area contributed by atoms with Gasteiger partial charge in [-0.2, -0.15) is 0 Å². The van der Waals surface area contributed by atoms with Gasteiger partial charge in [-0.3, -0.25) is 0 Å². The van der Waals surface area contributed by atoms with E-state index in [0.29, 0.717) is 18.5 Å². The zero-order valence-electron chi connectivity index (χ0n) is 9.95. The van der Waals surface area contributed by atoms with Crippen LogP contribution in [-0.2, 0) is 11.3 Å². The third kappa shape index (κ3) is 3.17. The van der Waals surface area contributed by atoms with Crippen LogP contribution >= 0.6 is 0 Å². The zero-order valence-corrected chi connectivity index (χ0v) is 9.95. The van der Waals surface area contributed by atoms with Crippen molar-refractivity contribution in [3.05, 3.63) is 29.6 Å². The molecular formula is C13H18FNO2. The van der Waals surface area contributed by atoms with E-state index in [-0.39, 0.29) is 5.75 Å². The minimum Gasteiger partial charge on any atom is -0.505 e. The fraction of sp³-hybridized carbons (Fsp3) is 0.538. The van der Waals surface area contributed by atoms with Gasteiger partial charge >= 0.3 is 0 Å². The van der Waals surface area contributed by atoms with Gasteiger partial charge in [0.05, 0.1) is 6.61 Å². The molecule has 1 aliphatic heterocycles. The standard InChI is InChI=1S/C13H18FNO2/c1-9(11-4-5-17-8-11)15-7-10-2-3-13(16)12(14)6-10/h2-3,6,9,11,15-16H,4-5,7-8H2,1H3. The maximum Gasteiger partial charge on any atom is 0.165 e. The van der Waals surface area contributed by atoms with Crippen molar-refractivity contribution in [2.45, 2.75) is 25.9 Å². The van der Waals surface area contributed by atoms with E-state index in [1.165, 1.54) is 12.1 Å². The first-order chi connectivity index (χ1) is 8.16. The average molecular weight is 239 g/mol. The highest BCUT2D eigenvalue weighted by atomic mass is 19.1. The Kier molecular flexibility index (Phi) is 3.97. The molecule has 0 amide bonds. The molecule has 1 heterocycles. The van der Waals surface area contributed by atoms with Crippen molar-refractivity contribution < 1.29 is 14.2 Å². The van der Waals surface area contributed by atoms with Gasteiger partial charge in [0.1, 0.15) is 0 Å². The highest BCUT2D eigenvalue weighted by Gasteiger charge is 2.21. The Balaban J connectivity index is 1.86. The number of aromatic hydroxyl groups is 1. The normalized spacial score (nSPS) is 21.6. The van der Waals surface area contributed by atoms with E-state index in [0.717, 1.165) is 25.2 Å². The van der Waals surface area contributed by atoms with Crippen molar-refractivity contribution in [2.24, 2.45) is 5.92 Å². The van der Waals surface area contributed by atoms with Gasteiger partial charge in [-0.1, -0.05) is 6.07 Å². The van der Waals surface area contributed by atoms with E-state index in [4.69, 9.17) is 9.84 Å². The molecule has 0 aliphatic carbocycles. The molecule has 1 fully saturated rings. The third-order valence-corrected chi connectivity index (χ3v) is 3.31. The molecule has 0 saturated carbocycles. The number of hydrogen-bond acceptors (Lipinski definition) is 3. The second-order valence-corrected chi connectivity index (χ2v) is 4.58. The van der Waals surface area contributed by atoms with Crippen molar-refractivity contribution in [3.63, 3.8) is 0 Å². The largest absolute Gasteiger partial charge is 0.505 e. The molecule has 3 nitrogen and oxygen atoms in total. The lowest BCUT2D eigenvalue weighted by Crippen LogP contribution is -2.33. The number of benzene rings is 1. The second kappa shape index (κ2) is 5.47. The molecule has 2 atom stereocenters. The molecule has 1 aromatic rings. The van der Waals surface area contributed by atoms with Gasteiger partial charge < -0.3 is 15.2 Å². The van der Waals surface area contributed by atoms with Crippen LogP contribution in [0.4, 0.5) is 4.39 Å². The zero-order chi connectivity index (χ0) is 12.3. The molecule has 0 radical (unpaired) electrons. The summed E-state index contributed by atoms with van der Waals surface area (Å²) in [4.78, 5) is 0. The number of phenolic OH excluding ortho intramolecular Hbond substituents is 1. The van der Waals surface area contributed by atoms with Crippen molar-refractivity contribution >= 4 is 0 Å². The maximum atomic E-state index is 13.1. The summed E-state index contributed by atoms with van der Waals surface area (Å²) in [5.74, 6) is -0.330. The summed E-state index contributed by atoms with van der Waals surface area (Å²) >= 11 is 0. The summed E-state index contributed by atoms with van der Waals surface area (Å²) in [5, 5.41) is 12.4. The Morgan fingerprint density at radius 1 is 1.59 bits per heavy atom. The first kappa shape index (κ1) is 12.3. The van der Waals surface area contributed by atoms with E-state index >= 15 is 0 Å². The maximum absolute atomic E-state index is 13.1. The number of phenols is 1. The van der Waals surface area contributed by atoms with E-state index in [1.54, 1.807) is 6.07 Å². The predicted molar refractivity (Wildman–Crippen MR) is 63.3 cm³/mol. The SMILES string of the molecule is CC(NCc1ccc(O)c(F)c1)C1CCOC1. The van der Waals surface area contributed by atoms with Crippen molar-refractivity contribution in [3.8, 4) is 5.75 Å². The molecule has 2 N–H and O–H groups in total. The number of hydrogen-bond donors (Lipinski definition) is 2. The molecule has 4 heteroatoms. The van der Waals surface area contributed by atoms with Gasteiger partial charge in [0, 0.05) is 19.2 Å². The molecule has 17 heavy (non-hydrogen) atoms. The van der Waals surface area contributed by atoms with E-state index < -0.39 is 5.82 Å². The van der Waals surface area contributed by atoms with Gasteiger partial charge in [-0.15, -0.1) is 0 Å². The minimum atomic E-state index is -0.568. The number of halogens is 1. The van der Waals surface area contributed by atoms with Crippen molar-refractivity contribution in [1.29, 1.82) is 0 Å². The Hall–Kier alpha value is -1.13. The molecule has 0 aromatic heterocycles. The van der Waals surface area contributed by atoms with Gasteiger partial charge in [-0.25, -0.2) is 4.39 Å². The fourth-order valence-electron chi connectivity index (χ4n) is 2.05. The molecule has 1 aliphatic rings. The van der Waals surface area contributed by atoms with Crippen LogP contribution in [0.25, 0.3) is 0 Å². The first-order valence-corrected chi connectivity index (χ1v) is 5.95. The fourth-order valence-corrected chi connectivity index (χ4v) is 2.05. The lowest BCUT2D eigenvalue weighted by atomic mass is 10.0. The monoisotopic (exact) mass is 239 g/mol. The van der Waals surface area contributed by atoms with Crippen molar-refractivity contribution in [1.82, 2.24) is 5.32 Å². The Labute approximate surface area is 101 Å². The van der Waals surface area contributed by atoms with Gasteiger partial charge in [0.15, 0.2) is 11.6 Å². The van der Waals surface area contributed by atoms with Crippen LogP contribution in [0.3, 0.4) is 0 Å². The summed E-state index contributed by atoms with van der Waals surface area (Å²) in [5.41, 5.74) is 0.839. The Bertz CT molecular complexity index is 378. The highest BCUT2D eigenvalue weighted by Crippen LogP contribution is 2.18. The predicted octanol–water partition coefficient (Wildman–Crippen LogP) is 2.05. The molecule has 2 rings (SSSR count). The van der Waals surface area contributed by atoms with Crippen LogP contribution in [0, 0.1) is 11.7 Å². The summed E-state index contributed by atoms with van der Waals surface area (Å²) in [6, 6.07) is 4.83. The molecule has 1 aromatic carbocycles. The lowest BCUT2D eigenvalue weighted by molar-refractivity contribution is 0.178. The first-order valence-electron chi connectivity index (χ1n) is 5.95. The van der Waals surface area contributed by atoms with Gasteiger partial charge in [0.2, 0.25) is 0 Å². The lowest BCUT2D eigenvalue weighted by Gasteiger charge is -2.19. The molecular weight excluding hydrogens is 221 g/mol.